The quantitative estimate of drug-likeness (QED) is 0.764. The van der Waals surface area contributed by atoms with E-state index >= 15 is 0 Å². The van der Waals surface area contributed by atoms with Crippen LogP contribution in [-0.2, 0) is 16.2 Å². The lowest BCUT2D eigenvalue weighted by Crippen LogP contribution is -2.49. The van der Waals surface area contributed by atoms with Gasteiger partial charge in [0.25, 0.3) is 0 Å². The van der Waals surface area contributed by atoms with Gasteiger partial charge < -0.3 is 5.32 Å². The van der Waals surface area contributed by atoms with Gasteiger partial charge in [0, 0.05) is 45.3 Å². The maximum absolute atomic E-state index is 14.0. The van der Waals surface area contributed by atoms with Gasteiger partial charge in [0.2, 0.25) is 10.0 Å². The summed E-state index contributed by atoms with van der Waals surface area (Å²) in [7, 11) is -4.31. The molecule has 1 aromatic rings. The van der Waals surface area contributed by atoms with E-state index in [2.05, 4.69) is 10.2 Å². The Labute approximate surface area is 155 Å². The van der Waals surface area contributed by atoms with Crippen LogP contribution >= 0.6 is 12.4 Å². The minimum absolute atomic E-state index is 0. The predicted molar refractivity (Wildman–Crippen MR) is 90.3 cm³/mol. The Morgan fingerprint density at radius 3 is 2.38 bits per heavy atom. The zero-order valence-electron chi connectivity index (χ0n) is 13.8. The van der Waals surface area contributed by atoms with Crippen LogP contribution in [0.1, 0.15) is 12.0 Å². The summed E-state index contributed by atoms with van der Waals surface area (Å²) in [6.07, 6.45) is -4.15. The molecule has 1 unspecified atom stereocenters. The van der Waals surface area contributed by atoms with E-state index in [0.717, 1.165) is 30.5 Å². The molecule has 0 radical (unpaired) electrons. The van der Waals surface area contributed by atoms with Crippen molar-refractivity contribution in [3.63, 3.8) is 0 Å². The van der Waals surface area contributed by atoms with Crippen LogP contribution in [0.5, 0.6) is 0 Å². The lowest BCUT2D eigenvalue weighted by molar-refractivity contribution is -0.137. The number of piperazine rings is 1. The molecule has 26 heavy (non-hydrogen) atoms. The molecule has 0 aliphatic carbocycles. The fraction of sp³-hybridized carbons (Fsp3) is 0.600. The van der Waals surface area contributed by atoms with E-state index in [4.69, 9.17) is 0 Å². The van der Waals surface area contributed by atoms with Crippen LogP contribution in [-0.4, -0.2) is 62.9 Å². The van der Waals surface area contributed by atoms with Gasteiger partial charge in [0.15, 0.2) is 0 Å². The first kappa shape index (κ1) is 21.4. The average molecular weight is 418 g/mol. The number of hydrogen-bond donors (Lipinski definition) is 1. The molecule has 0 spiro atoms. The molecule has 5 nitrogen and oxygen atoms in total. The Balaban J connectivity index is 0.00000243. The number of nitrogens with zero attached hydrogens (tertiary/aromatic N) is 2. The van der Waals surface area contributed by atoms with Crippen molar-refractivity contribution >= 4 is 22.4 Å². The molecular weight excluding hydrogens is 398 g/mol. The Hall–Kier alpha value is -0.940. The second-order valence-electron chi connectivity index (χ2n) is 6.23. The maximum Gasteiger partial charge on any atom is 0.416 e. The first-order valence-corrected chi connectivity index (χ1v) is 9.45. The molecule has 0 aromatic heterocycles. The van der Waals surface area contributed by atoms with Gasteiger partial charge in [-0.3, -0.25) is 4.90 Å². The minimum atomic E-state index is -4.73. The van der Waals surface area contributed by atoms with Crippen molar-refractivity contribution in [3.8, 4) is 0 Å². The highest BCUT2D eigenvalue weighted by Gasteiger charge is 2.38. The monoisotopic (exact) mass is 417 g/mol. The number of rotatable bonds is 3. The third kappa shape index (κ3) is 4.30. The van der Waals surface area contributed by atoms with Crippen molar-refractivity contribution in [2.75, 3.05) is 39.3 Å². The Bertz CT molecular complexity index is 739. The predicted octanol–water partition coefficient (Wildman–Crippen LogP) is 1.93. The van der Waals surface area contributed by atoms with Gasteiger partial charge in [-0.2, -0.15) is 17.5 Å². The summed E-state index contributed by atoms with van der Waals surface area (Å²) in [5, 5.41) is 3.20. The van der Waals surface area contributed by atoms with Gasteiger partial charge in [-0.25, -0.2) is 12.8 Å². The van der Waals surface area contributed by atoms with Gasteiger partial charge >= 0.3 is 6.18 Å². The number of sulfonamides is 1. The largest absolute Gasteiger partial charge is 0.416 e. The van der Waals surface area contributed by atoms with Crippen molar-refractivity contribution in [2.24, 2.45) is 0 Å². The molecular formula is C15H20ClF4N3O2S. The second kappa shape index (κ2) is 7.97. The number of benzene rings is 1. The first-order valence-electron chi connectivity index (χ1n) is 8.01. The fourth-order valence-electron chi connectivity index (χ4n) is 3.29. The van der Waals surface area contributed by atoms with Gasteiger partial charge in [-0.1, -0.05) is 0 Å². The topological polar surface area (TPSA) is 52.7 Å². The van der Waals surface area contributed by atoms with Crippen LogP contribution in [0.4, 0.5) is 17.6 Å². The van der Waals surface area contributed by atoms with Crippen LogP contribution < -0.4 is 5.32 Å². The summed E-state index contributed by atoms with van der Waals surface area (Å²) in [6, 6.07) is 1.48. The van der Waals surface area contributed by atoms with Gasteiger partial charge in [0.1, 0.15) is 10.7 Å². The minimum Gasteiger partial charge on any atom is -0.314 e. The van der Waals surface area contributed by atoms with Crippen LogP contribution in [0.2, 0.25) is 0 Å². The van der Waals surface area contributed by atoms with E-state index in [1.165, 1.54) is 0 Å². The Kier molecular flexibility index (Phi) is 6.55. The molecule has 2 aliphatic rings. The van der Waals surface area contributed by atoms with E-state index in [1.54, 1.807) is 0 Å². The number of alkyl halides is 3. The number of nitrogens with one attached hydrogen (secondary N) is 1. The van der Waals surface area contributed by atoms with Crippen LogP contribution in [0.3, 0.4) is 0 Å². The molecule has 2 saturated heterocycles. The molecule has 1 aromatic carbocycles. The molecule has 11 heteroatoms. The molecule has 0 amide bonds. The first-order chi connectivity index (χ1) is 11.7. The van der Waals surface area contributed by atoms with Crippen molar-refractivity contribution < 1.29 is 26.0 Å². The summed E-state index contributed by atoms with van der Waals surface area (Å²) >= 11 is 0. The Morgan fingerprint density at radius 1 is 1.12 bits per heavy atom. The fourth-order valence-corrected chi connectivity index (χ4v) is 4.87. The normalized spacial score (nSPS) is 23.0. The summed E-state index contributed by atoms with van der Waals surface area (Å²) in [6.45, 7) is 3.54. The lowest BCUT2D eigenvalue weighted by atomic mass is 10.2. The zero-order valence-corrected chi connectivity index (χ0v) is 15.4. The van der Waals surface area contributed by atoms with E-state index in [0.29, 0.717) is 24.6 Å². The molecule has 1 N–H and O–H groups in total. The zero-order chi connectivity index (χ0) is 18.2. The standard InChI is InChI=1S/C15H19F4N3O2S.ClH/c16-13-2-1-11(15(17,18)19)9-14(13)25(23,24)22-6-3-12(10-22)21-7-4-20-5-8-21;/h1-2,9,12,20H,3-8,10H2;1H. The summed E-state index contributed by atoms with van der Waals surface area (Å²) in [5.74, 6) is -1.17. The van der Waals surface area contributed by atoms with Gasteiger partial charge in [0.05, 0.1) is 5.56 Å². The highest BCUT2D eigenvalue weighted by Crippen LogP contribution is 2.33. The van der Waals surface area contributed by atoms with E-state index in [9.17, 15) is 26.0 Å². The van der Waals surface area contributed by atoms with Crippen molar-refractivity contribution in [1.29, 1.82) is 0 Å². The average Bonchev–Trinajstić information content (AvgIpc) is 3.05. The van der Waals surface area contributed by atoms with E-state index in [-0.39, 0.29) is 31.5 Å². The molecule has 3 rings (SSSR count). The van der Waals surface area contributed by atoms with E-state index < -0.39 is 32.5 Å². The van der Waals surface area contributed by atoms with Gasteiger partial charge in [-0.15, -0.1) is 12.4 Å². The van der Waals surface area contributed by atoms with Gasteiger partial charge in [-0.05, 0) is 24.6 Å². The lowest BCUT2D eigenvalue weighted by Gasteiger charge is -2.32. The number of hydrogen-bond acceptors (Lipinski definition) is 4. The summed E-state index contributed by atoms with van der Waals surface area (Å²) in [5.41, 5.74) is -1.18. The van der Waals surface area contributed by atoms with Crippen LogP contribution in [0.15, 0.2) is 23.1 Å². The highest BCUT2D eigenvalue weighted by molar-refractivity contribution is 7.89. The summed E-state index contributed by atoms with van der Waals surface area (Å²) in [4.78, 5) is 1.25. The Morgan fingerprint density at radius 2 is 1.77 bits per heavy atom. The van der Waals surface area contributed by atoms with Crippen molar-refractivity contribution in [2.45, 2.75) is 23.5 Å². The third-order valence-corrected chi connectivity index (χ3v) is 6.55. The third-order valence-electron chi connectivity index (χ3n) is 4.67. The molecule has 2 heterocycles. The summed E-state index contributed by atoms with van der Waals surface area (Å²) < 4.78 is 78.8. The van der Waals surface area contributed by atoms with Crippen LogP contribution in [0, 0.1) is 5.82 Å². The highest BCUT2D eigenvalue weighted by atomic mass is 35.5. The van der Waals surface area contributed by atoms with Crippen molar-refractivity contribution in [1.82, 2.24) is 14.5 Å². The molecule has 0 saturated carbocycles. The SMILES string of the molecule is Cl.O=S(=O)(c1cc(C(F)(F)F)ccc1F)N1CCC(N2CCNCC2)C1. The molecule has 2 fully saturated rings. The second-order valence-corrected chi connectivity index (χ2v) is 8.14. The van der Waals surface area contributed by atoms with Crippen molar-refractivity contribution in [3.05, 3.63) is 29.6 Å². The maximum atomic E-state index is 14.0. The molecule has 148 valence electrons. The van der Waals surface area contributed by atoms with E-state index in [1.807, 2.05) is 0 Å². The number of halogens is 5. The molecule has 1 atom stereocenters. The smallest absolute Gasteiger partial charge is 0.314 e. The van der Waals surface area contributed by atoms with Crippen LogP contribution in [0.25, 0.3) is 0 Å². The molecule has 2 aliphatic heterocycles. The molecule has 0 bridgehead atoms.